The number of rotatable bonds is 8. The van der Waals surface area contributed by atoms with Crippen LogP contribution in [0.1, 0.15) is 27.0 Å². The van der Waals surface area contributed by atoms with E-state index >= 15 is 0 Å². The van der Waals surface area contributed by atoms with Crippen LogP contribution in [-0.4, -0.2) is 23.2 Å². The minimum absolute atomic E-state index is 0.268. The van der Waals surface area contributed by atoms with E-state index in [4.69, 9.17) is 21.1 Å². The number of aromatic nitrogens is 1. The summed E-state index contributed by atoms with van der Waals surface area (Å²) in [5.41, 5.74) is 3.49. The quantitative estimate of drug-likeness (QED) is 0.545. The number of carboxylic acids is 1. The van der Waals surface area contributed by atoms with E-state index in [0.29, 0.717) is 35.2 Å². The molecule has 0 radical (unpaired) electrons. The molecule has 7 heteroatoms. The molecular formula is C22H21ClN2O4. The Morgan fingerprint density at radius 2 is 2.03 bits per heavy atom. The number of nitrogens with zero attached hydrogens (tertiary/aromatic N) is 1. The molecule has 2 N–H and O–H groups in total. The average molecular weight is 413 g/mol. The number of aromatic carboxylic acids is 1. The molecule has 1 heterocycles. The largest absolute Gasteiger partial charge is 0.493 e. The van der Waals surface area contributed by atoms with E-state index in [-0.39, 0.29) is 5.56 Å². The lowest BCUT2D eigenvalue weighted by atomic mass is 10.1. The van der Waals surface area contributed by atoms with Gasteiger partial charge in [-0.2, -0.15) is 0 Å². The topological polar surface area (TPSA) is 80.7 Å². The number of halogens is 1. The minimum atomic E-state index is -0.953. The number of methoxy groups -OCH3 is 1. The molecule has 3 rings (SSSR count). The third kappa shape index (κ3) is 4.97. The van der Waals surface area contributed by atoms with E-state index in [1.807, 2.05) is 24.3 Å². The van der Waals surface area contributed by atoms with Crippen molar-refractivity contribution >= 4 is 23.3 Å². The fraction of sp³-hybridized carbons (Fsp3) is 0.182. The molecule has 3 aromatic rings. The van der Waals surface area contributed by atoms with Gasteiger partial charge >= 0.3 is 5.97 Å². The van der Waals surface area contributed by atoms with Gasteiger partial charge in [0.05, 0.1) is 17.7 Å². The fourth-order valence-corrected chi connectivity index (χ4v) is 3.20. The average Bonchev–Trinajstić information content (AvgIpc) is 2.72. The van der Waals surface area contributed by atoms with Crippen molar-refractivity contribution in [3.05, 3.63) is 82.1 Å². The molecule has 6 nitrogen and oxygen atoms in total. The van der Waals surface area contributed by atoms with E-state index in [0.717, 1.165) is 16.8 Å². The smallest absolute Gasteiger partial charge is 0.336 e. The van der Waals surface area contributed by atoms with Crippen molar-refractivity contribution < 1.29 is 19.4 Å². The second-order valence-corrected chi connectivity index (χ2v) is 6.80. The number of pyridine rings is 1. The molecule has 0 amide bonds. The molecule has 0 fully saturated rings. The summed E-state index contributed by atoms with van der Waals surface area (Å²) in [6, 6.07) is 12.5. The zero-order chi connectivity index (χ0) is 20.8. The third-order valence-electron chi connectivity index (χ3n) is 4.44. The Bertz CT molecular complexity index is 1010. The lowest BCUT2D eigenvalue weighted by Gasteiger charge is -2.16. The van der Waals surface area contributed by atoms with Crippen LogP contribution in [0.2, 0.25) is 5.02 Å². The van der Waals surface area contributed by atoms with Gasteiger partial charge in [0.2, 0.25) is 0 Å². The lowest BCUT2D eigenvalue weighted by Crippen LogP contribution is -2.06. The molecule has 0 aliphatic carbocycles. The second kappa shape index (κ2) is 9.30. The van der Waals surface area contributed by atoms with Crippen LogP contribution in [-0.2, 0) is 13.2 Å². The van der Waals surface area contributed by atoms with Crippen LogP contribution >= 0.6 is 11.6 Å². The maximum Gasteiger partial charge on any atom is 0.336 e. The monoisotopic (exact) mass is 412 g/mol. The highest BCUT2D eigenvalue weighted by atomic mass is 35.5. The Hall–Kier alpha value is -3.25. The molecule has 0 spiro atoms. The van der Waals surface area contributed by atoms with E-state index in [1.54, 1.807) is 44.6 Å². The van der Waals surface area contributed by atoms with Crippen molar-refractivity contribution in [1.82, 2.24) is 4.98 Å². The summed E-state index contributed by atoms with van der Waals surface area (Å²) in [4.78, 5) is 15.4. The number of carbonyl (C=O) groups is 1. The van der Waals surface area contributed by atoms with E-state index < -0.39 is 5.97 Å². The molecule has 0 aliphatic heterocycles. The van der Waals surface area contributed by atoms with E-state index in [1.165, 1.54) is 0 Å². The van der Waals surface area contributed by atoms with Gasteiger partial charge in [0.1, 0.15) is 6.61 Å². The first-order valence-electron chi connectivity index (χ1n) is 8.94. The Morgan fingerprint density at radius 1 is 1.21 bits per heavy atom. The number of anilines is 1. The second-order valence-electron chi connectivity index (χ2n) is 6.40. The number of hydrogen-bond acceptors (Lipinski definition) is 5. The normalized spacial score (nSPS) is 10.4. The van der Waals surface area contributed by atoms with Crippen molar-refractivity contribution in [2.75, 3.05) is 12.4 Å². The highest BCUT2D eigenvalue weighted by Gasteiger charge is 2.14. The molecule has 2 aromatic carbocycles. The number of nitrogens with one attached hydrogen (secondary N) is 1. The van der Waals surface area contributed by atoms with Crippen LogP contribution in [0.15, 0.2) is 54.9 Å². The SMILES string of the molecule is COc1cc(CNc2cccc(C(=O)O)c2C)cc(Cl)c1OCc1cccnc1. The minimum Gasteiger partial charge on any atom is -0.493 e. The van der Waals surface area contributed by atoms with Crippen LogP contribution < -0.4 is 14.8 Å². The first kappa shape index (κ1) is 20.5. The van der Waals surface area contributed by atoms with Crippen LogP contribution in [0.4, 0.5) is 5.69 Å². The number of ether oxygens (including phenoxy) is 2. The van der Waals surface area contributed by atoms with Gasteiger partial charge in [0.15, 0.2) is 11.5 Å². The predicted octanol–water partition coefficient (Wildman–Crippen LogP) is 4.94. The lowest BCUT2D eigenvalue weighted by molar-refractivity contribution is 0.0696. The van der Waals surface area contributed by atoms with Gasteiger partial charge in [0.25, 0.3) is 0 Å². The molecule has 0 atom stereocenters. The summed E-state index contributed by atoms with van der Waals surface area (Å²) < 4.78 is 11.3. The Labute approximate surface area is 174 Å². The van der Waals surface area contributed by atoms with Gasteiger partial charge in [-0.05, 0) is 48.4 Å². The van der Waals surface area contributed by atoms with Crippen LogP contribution in [0.3, 0.4) is 0 Å². The third-order valence-corrected chi connectivity index (χ3v) is 4.72. The summed E-state index contributed by atoms with van der Waals surface area (Å²) in [6.07, 6.45) is 3.43. The zero-order valence-electron chi connectivity index (χ0n) is 16.1. The summed E-state index contributed by atoms with van der Waals surface area (Å²) >= 11 is 6.43. The molecular weight excluding hydrogens is 392 g/mol. The molecule has 29 heavy (non-hydrogen) atoms. The number of benzene rings is 2. The summed E-state index contributed by atoms with van der Waals surface area (Å²) in [5, 5.41) is 12.9. The molecule has 0 saturated heterocycles. The first-order chi connectivity index (χ1) is 14.0. The first-order valence-corrected chi connectivity index (χ1v) is 9.32. The van der Waals surface area contributed by atoms with Crippen molar-refractivity contribution in [2.24, 2.45) is 0 Å². The Balaban J connectivity index is 1.75. The van der Waals surface area contributed by atoms with Crippen molar-refractivity contribution in [2.45, 2.75) is 20.1 Å². The predicted molar refractivity (Wildman–Crippen MR) is 112 cm³/mol. The summed E-state index contributed by atoms with van der Waals surface area (Å²) in [7, 11) is 1.56. The van der Waals surface area contributed by atoms with E-state index in [9.17, 15) is 9.90 Å². The van der Waals surface area contributed by atoms with Gasteiger partial charge < -0.3 is 19.9 Å². The zero-order valence-corrected chi connectivity index (χ0v) is 16.9. The number of carboxylic acid groups (broad SMARTS) is 1. The van der Waals surface area contributed by atoms with Crippen LogP contribution in [0, 0.1) is 6.92 Å². The van der Waals surface area contributed by atoms with Crippen molar-refractivity contribution in [3.63, 3.8) is 0 Å². The van der Waals surface area contributed by atoms with Crippen LogP contribution in [0.25, 0.3) is 0 Å². The van der Waals surface area contributed by atoms with E-state index in [2.05, 4.69) is 10.3 Å². The Kier molecular flexibility index (Phi) is 6.57. The maximum absolute atomic E-state index is 11.3. The van der Waals surface area contributed by atoms with Crippen LogP contribution in [0.5, 0.6) is 11.5 Å². The van der Waals surface area contributed by atoms with Gasteiger partial charge in [-0.1, -0.05) is 23.7 Å². The molecule has 1 aromatic heterocycles. The maximum atomic E-state index is 11.3. The van der Waals surface area contributed by atoms with Gasteiger partial charge in [-0.15, -0.1) is 0 Å². The number of hydrogen-bond donors (Lipinski definition) is 2. The Morgan fingerprint density at radius 3 is 2.72 bits per heavy atom. The van der Waals surface area contributed by atoms with Gasteiger partial charge in [-0.3, -0.25) is 4.98 Å². The molecule has 0 aliphatic rings. The summed E-state index contributed by atoms with van der Waals surface area (Å²) in [6.45, 7) is 2.54. The standard InChI is InChI=1S/C22H21ClN2O4/c1-14-17(22(26)27)6-3-7-19(14)25-12-16-9-18(23)21(20(10-16)28-2)29-13-15-5-4-8-24-11-15/h3-11,25H,12-13H2,1-2H3,(H,26,27). The molecule has 0 unspecified atom stereocenters. The fourth-order valence-electron chi connectivity index (χ4n) is 2.91. The highest BCUT2D eigenvalue weighted by Crippen LogP contribution is 2.37. The highest BCUT2D eigenvalue weighted by molar-refractivity contribution is 6.32. The molecule has 0 bridgehead atoms. The summed E-state index contributed by atoms with van der Waals surface area (Å²) in [5.74, 6) is 0.0333. The van der Waals surface area contributed by atoms with Gasteiger partial charge in [0, 0.05) is 30.2 Å². The van der Waals surface area contributed by atoms with Crippen molar-refractivity contribution in [3.8, 4) is 11.5 Å². The van der Waals surface area contributed by atoms with Crippen molar-refractivity contribution in [1.29, 1.82) is 0 Å². The van der Waals surface area contributed by atoms with Gasteiger partial charge in [-0.25, -0.2) is 4.79 Å². The molecule has 150 valence electrons. The molecule has 0 saturated carbocycles.